The maximum absolute atomic E-state index is 12.3. The fourth-order valence-electron chi connectivity index (χ4n) is 1.48. The van der Waals surface area contributed by atoms with Crippen LogP contribution in [-0.4, -0.2) is 17.7 Å². The van der Waals surface area contributed by atoms with Crippen LogP contribution in [0, 0.1) is 5.92 Å². The molecule has 2 nitrogen and oxygen atoms in total. The molecule has 0 saturated heterocycles. The number of ketones is 1. The Bertz CT molecular complexity index is 185. The minimum atomic E-state index is -2.50. The molecule has 1 fully saturated rings. The van der Waals surface area contributed by atoms with Gasteiger partial charge in [0, 0.05) is 12.8 Å². The van der Waals surface area contributed by atoms with Crippen LogP contribution in [-0.2, 0) is 4.79 Å². The molecular formula is C8H13F2NO. The quantitative estimate of drug-likeness (QED) is 0.706. The van der Waals surface area contributed by atoms with Crippen LogP contribution in [0.2, 0.25) is 0 Å². The molecule has 0 aromatic heterocycles. The highest BCUT2D eigenvalue weighted by Gasteiger charge is 2.45. The predicted octanol–water partition coefficient (Wildman–Crippen LogP) is 1.34. The molecule has 1 unspecified atom stereocenters. The number of rotatable bonds is 3. The highest BCUT2D eigenvalue weighted by molar-refractivity contribution is 5.81. The number of alkyl halides is 2. The van der Waals surface area contributed by atoms with Crippen LogP contribution in [0.15, 0.2) is 0 Å². The third-order valence-electron chi connectivity index (χ3n) is 2.28. The zero-order valence-electron chi connectivity index (χ0n) is 7.02. The Balaban J connectivity index is 2.23. The lowest BCUT2D eigenvalue weighted by atomic mass is 9.77. The van der Waals surface area contributed by atoms with Crippen molar-refractivity contribution < 1.29 is 13.6 Å². The van der Waals surface area contributed by atoms with Crippen molar-refractivity contribution in [3.8, 4) is 0 Å². The normalized spacial score (nSPS) is 24.7. The molecule has 2 N–H and O–H groups in total. The number of carbonyl (C=O) groups excluding carboxylic acids is 1. The molecular weight excluding hydrogens is 164 g/mol. The van der Waals surface area contributed by atoms with Gasteiger partial charge in [-0.05, 0) is 19.3 Å². The van der Waals surface area contributed by atoms with Crippen molar-refractivity contribution in [2.45, 2.75) is 38.2 Å². The van der Waals surface area contributed by atoms with E-state index < -0.39 is 12.0 Å². The average molecular weight is 177 g/mol. The molecule has 0 bridgehead atoms. The smallest absolute Gasteiger partial charge is 0.248 e. The van der Waals surface area contributed by atoms with Crippen molar-refractivity contribution in [3.05, 3.63) is 0 Å². The number of carbonyl (C=O) groups is 1. The summed E-state index contributed by atoms with van der Waals surface area (Å²) in [5, 5.41) is 0. The number of nitrogens with two attached hydrogens (primary N) is 1. The predicted molar refractivity (Wildman–Crippen MR) is 40.9 cm³/mol. The van der Waals surface area contributed by atoms with Crippen molar-refractivity contribution >= 4 is 5.78 Å². The molecule has 0 aromatic rings. The third kappa shape index (κ3) is 2.24. The van der Waals surface area contributed by atoms with Crippen LogP contribution in [0.4, 0.5) is 8.78 Å². The summed E-state index contributed by atoms with van der Waals surface area (Å²) in [7, 11) is 0. The van der Waals surface area contributed by atoms with Gasteiger partial charge < -0.3 is 5.73 Å². The first-order valence-electron chi connectivity index (χ1n) is 4.04. The molecule has 70 valence electrons. The second-order valence-corrected chi connectivity index (χ2v) is 3.58. The topological polar surface area (TPSA) is 43.1 Å². The first-order chi connectivity index (χ1) is 5.41. The van der Waals surface area contributed by atoms with Gasteiger partial charge in [0.25, 0.3) is 0 Å². The Morgan fingerprint density at radius 3 is 2.50 bits per heavy atom. The zero-order chi connectivity index (χ0) is 9.35. The van der Waals surface area contributed by atoms with Gasteiger partial charge in [0.2, 0.25) is 5.92 Å². The van der Waals surface area contributed by atoms with Gasteiger partial charge >= 0.3 is 0 Å². The molecule has 0 spiro atoms. The summed E-state index contributed by atoms with van der Waals surface area (Å²) < 4.78 is 24.6. The van der Waals surface area contributed by atoms with E-state index in [9.17, 15) is 13.6 Å². The van der Waals surface area contributed by atoms with Crippen molar-refractivity contribution in [1.29, 1.82) is 0 Å². The average Bonchev–Trinajstić information content (AvgIpc) is 1.83. The second-order valence-electron chi connectivity index (χ2n) is 3.58. The Kier molecular flexibility index (Phi) is 2.46. The van der Waals surface area contributed by atoms with E-state index in [1.165, 1.54) is 6.92 Å². The van der Waals surface area contributed by atoms with E-state index >= 15 is 0 Å². The first kappa shape index (κ1) is 9.58. The molecule has 0 heterocycles. The standard InChI is InChI=1S/C8H13F2NO/c1-5(12)7(11)2-6-3-8(9,10)4-6/h6-7H,2-4,11H2,1H3. The monoisotopic (exact) mass is 177 g/mol. The van der Waals surface area contributed by atoms with Crippen LogP contribution in [0.1, 0.15) is 26.2 Å². The van der Waals surface area contributed by atoms with Crippen LogP contribution in [0.25, 0.3) is 0 Å². The number of Topliss-reactive ketones (excluding diaryl/α,β-unsaturated/α-hetero) is 1. The summed E-state index contributed by atoms with van der Waals surface area (Å²) in [6.45, 7) is 1.39. The summed E-state index contributed by atoms with van der Waals surface area (Å²) >= 11 is 0. The summed E-state index contributed by atoms with van der Waals surface area (Å²) in [6.07, 6.45) is 0.201. The van der Waals surface area contributed by atoms with Gasteiger partial charge in [0.15, 0.2) is 0 Å². The van der Waals surface area contributed by atoms with E-state index in [-0.39, 0.29) is 24.5 Å². The lowest BCUT2D eigenvalue weighted by Crippen LogP contribution is -2.40. The van der Waals surface area contributed by atoms with E-state index in [2.05, 4.69) is 0 Å². The van der Waals surface area contributed by atoms with E-state index in [4.69, 9.17) is 5.73 Å². The van der Waals surface area contributed by atoms with Crippen molar-refractivity contribution in [3.63, 3.8) is 0 Å². The Hall–Kier alpha value is -0.510. The fourth-order valence-corrected chi connectivity index (χ4v) is 1.48. The van der Waals surface area contributed by atoms with Gasteiger partial charge in [0.05, 0.1) is 6.04 Å². The Morgan fingerprint density at radius 1 is 1.67 bits per heavy atom. The van der Waals surface area contributed by atoms with E-state index in [1.54, 1.807) is 0 Å². The van der Waals surface area contributed by atoms with Gasteiger partial charge in [-0.2, -0.15) is 0 Å². The summed E-state index contributed by atoms with van der Waals surface area (Å²) in [6, 6.07) is -0.550. The highest BCUT2D eigenvalue weighted by Crippen LogP contribution is 2.44. The molecule has 4 heteroatoms. The zero-order valence-corrected chi connectivity index (χ0v) is 7.02. The van der Waals surface area contributed by atoms with Crippen LogP contribution in [0.3, 0.4) is 0 Å². The lowest BCUT2D eigenvalue weighted by Gasteiger charge is -2.35. The Labute approximate surface area is 70.1 Å². The van der Waals surface area contributed by atoms with Crippen LogP contribution < -0.4 is 5.73 Å². The van der Waals surface area contributed by atoms with Gasteiger partial charge in [-0.1, -0.05) is 0 Å². The maximum atomic E-state index is 12.3. The molecule has 1 aliphatic rings. The SMILES string of the molecule is CC(=O)C(N)CC1CC(F)(F)C1. The molecule has 0 aliphatic heterocycles. The Morgan fingerprint density at radius 2 is 2.17 bits per heavy atom. The van der Waals surface area contributed by atoms with Gasteiger partial charge in [0.1, 0.15) is 5.78 Å². The summed E-state index contributed by atoms with van der Waals surface area (Å²) in [5.74, 6) is -2.68. The molecule has 1 saturated carbocycles. The minimum Gasteiger partial charge on any atom is -0.322 e. The van der Waals surface area contributed by atoms with E-state index in [1.807, 2.05) is 0 Å². The van der Waals surface area contributed by atoms with Crippen molar-refractivity contribution in [2.75, 3.05) is 0 Å². The highest BCUT2D eigenvalue weighted by atomic mass is 19.3. The minimum absolute atomic E-state index is 0.0566. The second kappa shape index (κ2) is 3.09. The van der Waals surface area contributed by atoms with E-state index in [0.717, 1.165) is 0 Å². The lowest BCUT2D eigenvalue weighted by molar-refractivity contribution is -0.125. The number of hydrogen-bond donors (Lipinski definition) is 1. The molecule has 1 aliphatic carbocycles. The van der Waals surface area contributed by atoms with Gasteiger partial charge in [-0.3, -0.25) is 4.79 Å². The van der Waals surface area contributed by atoms with Crippen molar-refractivity contribution in [2.24, 2.45) is 11.7 Å². The molecule has 0 amide bonds. The van der Waals surface area contributed by atoms with Crippen LogP contribution >= 0.6 is 0 Å². The molecule has 1 atom stereocenters. The summed E-state index contributed by atoms with van der Waals surface area (Å²) in [4.78, 5) is 10.7. The molecule has 1 rings (SSSR count). The van der Waals surface area contributed by atoms with Crippen molar-refractivity contribution in [1.82, 2.24) is 0 Å². The molecule has 12 heavy (non-hydrogen) atoms. The third-order valence-corrected chi connectivity index (χ3v) is 2.28. The number of halogens is 2. The van der Waals surface area contributed by atoms with Gasteiger partial charge in [-0.25, -0.2) is 8.78 Å². The number of hydrogen-bond acceptors (Lipinski definition) is 2. The maximum Gasteiger partial charge on any atom is 0.248 e. The molecule has 0 aromatic carbocycles. The molecule has 0 radical (unpaired) electrons. The fraction of sp³-hybridized carbons (Fsp3) is 0.875. The van der Waals surface area contributed by atoms with Crippen LogP contribution in [0.5, 0.6) is 0 Å². The van der Waals surface area contributed by atoms with Gasteiger partial charge in [-0.15, -0.1) is 0 Å². The first-order valence-corrected chi connectivity index (χ1v) is 4.04. The largest absolute Gasteiger partial charge is 0.322 e. The van der Waals surface area contributed by atoms with E-state index in [0.29, 0.717) is 6.42 Å². The summed E-state index contributed by atoms with van der Waals surface area (Å²) in [5.41, 5.74) is 5.42.